The normalized spacial score (nSPS) is 20.2. The molecular formula is C13H15ClN2S2. The van der Waals surface area contributed by atoms with Crippen LogP contribution in [0, 0.1) is 0 Å². The lowest BCUT2D eigenvalue weighted by Gasteiger charge is -2.21. The van der Waals surface area contributed by atoms with Gasteiger partial charge >= 0.3 is 0 Å². The highest BCUT2D eigenvalue weighted by molar-refractivity contribution is 7.99. The predicted octanol–water partition coefficient (Wildman–Crippen LogP) is 4.65. The zero-order chi connectivity index (χ0) is 12.4. The molecular weight excluding hydrogens is 284 g/mol. The fourth-order valence-electron chi connectivity index (χ4n) is 2.14. The Morgan fingerprint density at radius 2 is 2.33 bits per heavy atom. The molecule has 1 aromatic heterocycles. The highest BCUT2D eigenvalue weighted by Crippen LogP contribution is 2.30. The molecule has 1 aliphatic rings. The van der Waals surface area contributed by atoms with Crippen LogP contribution in [-0.2, 0) is 0 Å². The second-order valence-corrected chi connectivity index (χ2v) is 7.38. The minimum atomic E-state index is 0.745. The summed E-state index contributed by atoms with van der Waals surface area (Å²) >= 11 is 9.75. The summed E-state index contributed by atoms with van der Waals surface area (Å²) < 4.78 is 1.15. The van der Waals surface area contributed by atoms with Crippen LogP contribution in [0.3, 0.4) is 0 Å². The number of thiazole rings is 1. The first-order chi connectivity index (χ1) is 8.81. The Labute approximate surface area is 120 Å². The molecule has 1 atom stereocenters. The lowest BCUT2D eigenvalue weighted by Crippen LogP contribution is -2.19. The maximum atomic E-state index is 5.98. The van der Waals surface area contributed by atoms with Crippen molar-refractivity contribution >= 4 is 50.0 Å². The van der Waals surface area contributed by atoms with E-state index in [0.29, 0.717) is 0 Å². The molecule has 5 heteroatoms. The molecule has 1 saturated heterocycles. The number of halogens is 1. The van der Waals surface area contributed by atoms with Crippen molar-refractivity contribution in [1.29, 1.82) is 0 Å². The maximum absolute atomic E-state index is 5.98. The lowest BCUT2D eigenvalue weighted by molar-refractivity contribution is 0.677. The average Bonchev–Trinajstić information content (AvgIpc) is 2.79. The number of fused-ring (bicyclic) bond motifs is 1. The van der Waals surface area contributed by atoms with Gasteiger partial charge in [0, 0.05) is 16.8 Å². The molecule has 1 aliphatic heterocycles. The van der Waals surface area contributed by atoms with Crippen LogP contribution in [0.4, 0.5) is 5.13 Å². The quantitative estimate of drug-likeness (QED) is 0.893. The smallest absolute Gasteiger partial charge is 0.183 e. The summed E-state index contributed by atoms with van der Waals surface area (Å²) in [6.07, 6.45) is 4.07. The third-order valence-corrected chi connectivity index (χ3v) is 5.71. The fourth-order valence-corrected chi connectivity index (χ4v) is 4.53. The standard InChI is InChI=1S/C13H15ClN2S2/c14-9-4-5-11-12(7-9)18-13(16-11)15-8-10-3-1-2-6-17-10/h4-5,7,10H,1-3,6,8H2,(H,15,16). The summed E-state index contributed by atoms with van der Waals surface area (Å²) in [5.41, 5.74) is 1.03. The van der Waals surface area contributed by atoms with Crippen LogP contribution in [0.5, 0.6) is 0 Å². The van der Waals surface area contributed by atoms with Gasteiger partial charge in [0.2, 0.25) is 0 Å². The van der Waals surface area contributed by atoms with Gasteiger partial charge in [-0.2, -0.15) is 11.8 Å². The summed E-state index contributed by atoms with van der Waals surface area (Å²) in [6.45, 7) is 1.03. The zero-order valence-electron chi connectivity index (χ0n) is 9.99. The predicted molar refractivity (Wildman–Crippen MR) is 83.2 cm³/mol. The highest BCUT2D eigenvalue weighted by atomic mass is 35.5. The van der Waals surface area contributed by atoms with Gasteiger partial charge in [0.1, 0.15) is 0 Å². The van der Waals surface area contributed by atoms with Crippen LogP contribution in [0.25, 0.3) is 10.2 Å². The van der Waals surface area contributed by atoms with Crippen molar-refractivity contribution in [3.8, 4) is 0 Å². The van der Waals surface area contributed by atoms with E-state index in [2.05, 4.69) is 22.1 Å². The van der Waals surface area contributed by atoms with Crippen molar-refractivity contribution in [1.82, 2.24) is 4.98 Å². The number of hydrogen-bond acceptors (Lipinski definition) is 4. The summed E-state index contributed by atoms with van der Waals surface area (Å²) in [6, 6.07) is 5.86. The number of thioether (sulfide) groups is 1. The van der Waals surface area contributed by atoms with Crippen LogP contribution in [0.2, 0.25) is 5.02 Å². The van der Waals surface area contributed by atoms with Crippen LogP contribution in [-0.4, -0.2) is 22.5 Å². The van der Waals surface area contributed by atoms with Crippen molar-refractivity contribution < 1.29 is 0 Å². The number of hydrogen-bond donors (Lipinski definition) is 1. The first kappa shape index (κ1) is 12.6. The van der Waals surface area contributed by atoms with Gasteiger partial charge in [-0.05, 0) is 36.8 Å². The van der Waals surface area contributed by atoms with E-state index >= 15 is 0 Å². The van der Waals surface area contributed by atoms with Gasteiger partial charge in [-0.25, -0.2) is 4.98 Å². The molecule has 96 valence electrons. The maximum Gasteiger partial charge on any atom is 0.183 e. The summed E-state index contributed by atoms with van der Waals surface area (Å²) in [7, 11) is 0. The molecule has 18 heavy (non-hydrogen) atoms. The number of anilines is 1. The molecule has 0 saturated carbocycles. The van der Waals surface area contributed by atoms with Crippen molar-refractivity contribution in [2.24, 2.45) is 0 Å². The van der Waals surface area contributed by atoms with Gasteiger partial charge in [-0.3, -0.25) is 0 Å². The summed E-state index contributed by atoms with van der Waals surface area (Å²) in [5.74, 6) is 1.31. The first-order valence-corrected chi connectivity index (χ1v) is 8.47. The van der Waals surface area contributed by atoms with E-state index in [4.69, 9.17) is 11.6 Å². The number of nitrogens with zero attached hydrogens (tertiary/aromatic N) is 1. The van der Waals surface area contributed by atoms with E-state index < -0.39 is 0 Å². The molecule has 0 bridgehead atoms. The molecule has 2 heterocycles. The third kappa shape index (κ3) is 2.92. The van der Waals surface area contributed by atoms with Gasteiger partial charge in [-0.1, -0.05) is 29.4 Å². The number of rotatable bonds is 3. The fraction of sp³-hybridized carbons (Fsp3) is 0.462. The van der Waals surface area contributed by atoms with Gasteiger partial charge < -0.3 is 5.32 Å². The van der Waals surface area contributed by atoms with Crippen LogP contribution in [0.1, 0.15) is 19.3 Å². The van der Waals surface area contributed by atoms with E-state index in [1.807, 2.05) is 18.2 Å². The number of benzene rings is 1. The molecule has 1 fully saturated rings. The molecule has 2 nitrogen and oxygen atoms in total. The molecule has 3 rings (SSSR count). The van der Waals surface area contributed by atoms with Crippen molar-refractivity contribution in [3.63, 3.8) is 0 Å². The molecule has 0 spiro atoms. The van der Waals surface area contributed by atoms with Gasteiger partial charge in [-0.15, -0.1) is 0 Å². The zero-order valence-corrected chi connectivity index (χ0v) is 12.4. The van der Waals surface area contributed by atoms with Gasteiger partial charge in [0.25, 0.3) is 0 Å². The summed E-state index contributed by atoms with van der Waals surface area (Å²) in [4.78, 5) is 4.58. The number of aromatic nitrogens is 1. The lowest BCUT2D eigenvalue weighted by atomic mass is 10.2. The second-order valence-electron chi connectivity index (χ2n) is 4.50. The molecule has 0 aliphatic carbocycles. The minimum Gasteiger partial charge on any atom is -0.360 e. The average molecular weight is 299 g/mol. The monoisotopic (exact) mass is 298 g/mol. The van der Waals surface area contributed by atoms with Gasteiger partial charge in [0.05, 0.1) is 10.2 Å². The molecule has 1 unspecified atom stereocenters. The molecule has 1 aromatic carbocycles. The Balaban J connectivity index is 1.67. The van der Waals surface area contributed by atoms with E-state index in [9.17, 15) is 0 Å². The minimum absolute atomic E-state index is 0.745. The van der Waals surface area contributed by atoms with Gasteiger partial charge in [0.15, 0.2) is 5.13 Å². The molecule has 0 amide bonds. The third-order valence-electron chi connectivity index (χ3n) is 3.11. The Morgan fingerprint density at radius 1 is 1.39 bits per heavy atom. The van der Waals surface area contributed by atoms with Crippen LogP contribution in [0.15, 0.2) is 18.2 Å². The Morgan fingerprint density at radius 3 is 3.17 bits per heavy atom. The highest BCUT2D eigenvalue weighted by Gasteiger charge is 2.14. The van der Waals surface area contributed by atoms with Crippen molar-refractivity contribution in [3.05, 3.63) is 23.2 Å². The topological polar surface area (TPSA) is 24.9 Å². The van der Waals surface area contributed by atoms with E-state index in [1.165, 1.54) is 25.0 Å². The Kier molecular flexibility index (Phi) is 3.97. The molecule has 2 aromatic rings. The molecule has 1 N–H and O–H groups in total. The SMILES string of the molecule is Clc1ccc2nc(NCC3CCCCS3)sc2c1. The van der Waals surface area contributed by atoms with Crippen LogP contribution >= 0.6 is 34.7 Å². The Hall–Kier alpha value is -0.450. The van der Waals surface area contributed by atoms with E-state index in [0.717, 1.165) is 32.2 Å². The Bertz CT molecular complexity index is 535. The number of nitrogens with one attached hydrogen (secondary N) is 1. The second kappa shape index (κ2) is 5.68. The van der Waals surface area contributed by atoms with Crippen LogP contribution < -0.4 is 5.32 Å². The largest absolute Gasteiger partial charge is 0.360 e. The first-order valence-electron chi connectivity index (χ1n) is 6.23. The van der Waals surface area contributed by atoms with Crippen molar-refractivity contribution in [2.45, 2.75) is 24.5 Å². The van der Waals surface area contributed by atoms with Crippen molar-refractivity contribution in [2.75, 3.05) is 17.6 Å². The summed E-state index contributed by atoms with van der Waals surface area (Å²) in [5, 5.41) is 6.00. The molecule has 0 radical (unpaired) electrons. The van der Waals surface area contributed by atoms with E-state index in [-0.39, 0.29) is 0 Å². The van der Waals surface area contributed by atoms with E-state index in [1.54, 1.807) is 11.3 Å².